The van der Waals surface area contributed by atoms with Gasteiger partial charge in [0.05, 0.1) is 18.8 Å². The third-order valence-electron chi connectivity index (χ3n) is 4.37. The van der Waals surface area contributed by atoms with Gasteiger partial charge in [-0.2, -0.15) is 5.10 Å². The molecule has 24 heavy (non-hydrogen) atoms. The summed E-state index contributed by atoms with van der Waals surface area (Å²) in [6.07, 6.45) is 1.21. The second-order valence-corrected chi connectivity index (χ2v) is 6.35. The number of amides is 1. The number of aryl methyl sites for hydroxylation is 2. The molecule has 128 valence electrons. The third kappa shape index (κ3) is 3.64. The van der Waals surface area contributed by atoms with Crippen LogP contribution in [-0.2, 0) is 16.1 Å². The van der Waals surface area contributed by atoms with Crippen LogP contribution in [0, 0.1) is 13.8 Å². The highest BCUT2D eigenvalue weighted by atomic mass is 16.5. The lowest BCUT2D eigenvalue weighted by Gasteiger charge is -2.21. The minimum atomic E-state index is -0.107. The van der Waals surface area contributed by atoms with E-state index >= 15 is 0 Å². The molecule has 0 bridgehead atoms. The van der Waals surface area contributed by atoms with Crippen molar-refractivity contribution in [3.63, 3.8) is 0 Å². The lowest BCUT2D eigenvalue weighted by molar-refractivity contribution is -0.132. The predicted octanol–water partition coefficient (Wildman–Crippen LogP) is 2.69. The molecule has 6 heteroatoms. The van der Waals surface area contributed by atoms with Gasteiger partial charge in [-0.3, -0.25) is 9.89 Å². The Bertz CT molecular complexity index is 713. The minimum Gasteiger partial charge on any atom is -0.372 e. The van der Waals surface area contributed by atoms with E-state index in [1.807, 2.05) is 24.8 Å². The van der Waals surface area contributed by atoms with Gasteiger partial charge in [0, 0.05) is 19.4 Å². The fraction of sp³-hybridized carbons (Fsp3) is 0.500. The Kier molecular flexibility index (Phi) is 4.94. The maximum absolute atomic E-state index is 12.3. The van der Waals surface area contributed by atoms with Crippen molar-refractivity contribution >= 4 is 5.91 Å². The molecule has 0 saturated carbocycles. The molecule has 0 aliphatic carbocycles. The van der Waals surface area contributed by atoms with Crippen molar-refractivity contribution < 1.29 is 9.53 Å². The molecule has 1 saturated heterocycles. The molecule has 2 heterocycles. The van der Waals surface area contributed by atoms with Crippen LogP contribution in [0.2, 0.25) is 0 Å². The van der Waals surface area contributed by atoms with Crippen molar-refractivity contribution in [3.8, 4) is 0 Å². The summed E-state index contributed by atoms with van der Waals surface area (Å²) in [5.41, 5.74) is 2.37. The predicted molar refractivity (Wildman–Crippen MR) is 90.2 cm³/mol. The van der Waals surface area contributed by atoms with Crippen molar-refractivity contribution in [1.82, 2.24) is 20.1 Å². The summed E-state index contributed by atoms with van der Waals surface area (Å²) in [6, 6.07) is 8.19. The number of benzene rings is 1. The van der Waals surface area contributed by atoms with E-state index in [2.05, 4.69) is 40.3 Å². The lowest BCUT2D eigenvalue weighted by atomic mass is 10.1. The molecule has 6 nitrogen and oxygen atoms in total. The van der Waals surface area contributed by atoms with Crippen LogP contribution in [0.15, 0.2) is 24.3 Å². The van der Waals surface area contributed by atoms with Gasteiger partial charge in [0.25, 0.3) is 0 Å². The number of hydrogen-bond donors (Lipinski definition) is 1. The average Bonchev–Trinajstić information content (AvgIpc) is 3.18. The van der Waals surface area contributed by atoms with Gasteiger partial charge in [-0.15, -0.1) is 0 Å². The second-order valence-electron chi connectivity index (χ2n) is 6.35. The Hall–Kier alpha value is -2.21. The number of aromatic nitrogens is 3. The Labute approximate surface area is 142 Å². The first-order chi connectivity index (χ1) is 11.6. The van der Waals surface area contributed by atoms with E-state index in [9.17, 15) is 4.79 Å². The van der Waals surface area contributed by atoms with Gasteiger partial charge < -0.3 is 9.64 Å². The van der Waals surface area contributed by atoms with E-state index in [0.717, 1.165) is 17.8 Å². The van der Waals surface area contributed by atoms with Crippen molar-refractivity contribution in [3.05, 3.63) is 47.0 Å². The van der Waals surface area contributed by atoms with E-state index in [-0.39, 0.29) is 18.1 Å². The van der Waals surface area contributed by atoms with Crippen LogP contribution in [0.1, 0.15) is 48.6 Å². The van der Waals surface area contributed by atoms with E-state index in [1.54, 1.807) is 0 Å². The lowest BCUT2D eigenvalue weighted by Crippen LogP contribution is -2.31. The van der Waals surface area contributed by atoms with Gasteiger partial charge in [0.1, 0.15) is 5.82 Å². The van der Waals surface area contributed by atoms with Crippen LogP contribution in [0.3, 0.4) is 0 Å². The number of aromatic amines is 1. The maximum Gasteiger partial charge on any atom is 0.223 e. The Balaban J connectivity index is 1.68. The highest BCUT2D eigenvalue weighted by Gasteiger charge is 2.38. The summed E-state index contributed by atoms with van der Waals surface area (Å²) in [5, 5.41) is 7.11. The summed E-state index contributed by atoms with van der Waals surface area (Å²) >= 11 is 0. The Morgan fingerprint density at radius 2 is 2.25 bits per heavy atom. The molecule has 1 aromatic carbocycles. The van der Waals surface area contributed by atoms with Crippen molar-refractivity contribution in [2.24, 2.45) is 0 Å². The molecule has 0 radical (unpaired) electrons. The normalized spacial score (nSPS) is 20.5. The quantitative estimate of drug-likeness (QED) is 0.916. The first-order valence-corrected chi connectivity index (χ1v) is 8.42. The number of carbonyl (C=O) groups excluding carboxylic acids is 1. The van der Waals surface area contributed by atoms with Crippen LogP contribution in [0.4, 0.5) is 0 Å². The molecule has 0 spiro atoms. The number of ether oxygens (including phenoxy) is 1. The SMILES string of the molecule is CCC(=O)N1C[C@@H](OCc2cccc(C)c2)C[C@H]1c1n[nH]c(C)n1. The van der Waals surface area contributed by atoms with Crippen LogP contribution in [-0.4, -0.2) is 38.6 Å². The molecular weight excluding hydrogens is 304 g/mol. The topological polar surface area (TPSA) is 71.1 Å². The highest BCUT2D eigenvalue weighted by molar-refractivity contribution is 5.76. The first-order valence-electron chi connectivity index (χ1n) is 8.42. The first kappa shape index (κ1) is 16.6. The number of hydrogen-bond acceptors (Lipinski definition) is 4. The van der Waals surface area contributed by atoms with Gasteiger partial charge >= 0.3 is 0 Å². The van der Waals surface area contributed by atoms with E-state index in [1.165, 1.54) is 5.56 Å². The fourth-order valence-corrected chi connectivity index (χ4v) is 3.17. The summed E-state index contributed by atoms with van der Waals surface area (Å²) < 4.78 is 6.07. The minimum absolute atomic E-state index is 0.00446. The van der Waals surface area contributed by atoms with Crippen LogP contribution in [0.5, 0.6) is 0 Å². The van der Waals surface area contributed by atoms with Crippen LogP contribution >= 0.6 is 0 Å². The molecule has 1 fully saturated rings. The maximum atomic E-state index is 12.3. The average molecular weight is 328 g/mol. The van der Waals surface area contributed by atoms with Gasteiger partial charge in [-0.05, 0) is 19.4 Å². The van der Waals surface area contributed by atoms with Crippen molar-refractivity contribution in [2.45, 2.75) is 52.4 Å². The second kappa shape index (κ2) is 7.13. The zero-order valence-electron chi connectivity index (χ0n) is 14.5. The van der Waals surface area contributed by atoms with Crippen molar-refractivity contribution in [1.29, 1.82) is 0 Å². The number of nitrogens with one attached hydrogen (secondary N) is 1. The fourth-order valence-electron chi connectivity index (χ4n) is 3.17. The molecular formula is C18H24N4O2. The van der Waals surface area contributed by atoms with Crippen LogP contribution < -0.4 is 0 Å². The molecule has 1 aliphatic heterocycles. The molecule has 1 aromatic heterocycles. The molecule has 3 rings (SSSR count). The van der Waals surface area contributed by atoms with E-state index < -0.39 is 0 Å². The summed E-state index contributed by atoms with van der Waals surface area (Å²) in [5.74, 6) is 1.55. The highest BCUT2D eigenvalue weighted by Crippen LogP contribution is 2.32. The molecule has 1 aliphatic rings. The van der Waals surface area contributed by atoms with Gasteiger partial charge in [0.2, 0.25) is 5.91 Å². The van der Waals surface area contributed by atoms with E-state index in [4.69, 9.17) is 4.74 Å². The zero-order valence-corrected chi connectivity index (χ0v) is 14.5. The summed E-state index contributed by atoms with van der Waals surface area (Å²) in [6.45, 7) is 6.96. The molecule has 2 aromatic rings. The monoisotopic (exact) mass is 328 g/mol. The number of H-pyrrole nitrogens is 1. The molecule has 1 N–H and O–H groups in total. The molecule has 1 amide bonds. The standard InChI is InChI=1S/C18H24N4O2/c1-4-17(23)22-10-15(9-16(22)18-19-13(3)20-21-18)24-11-14-7-5-6-12(2)8-14/h5-8,15-16H,4,9-11H2,1-3H3,(H,19,20,21)/t15-,16-/m0/s1. The largest absolute Gasteiger partial charge is 0.372 e. The van der Waals surface area contributed by atoms with Gasteiger partial charge in [0.15, 0.2) is 5.82 Å². The van der Waals surface area contributed by atoms with E-state index in [0.29, 0.717) is 25.4 Å². The van der Waals surface area contributed by atoms with Gasteiger partial charge in [-0.25, -0.2) is 4.98 Å². The van der Waals surface area contributed by atoms with Crippen LogP contribution in [0.25, 0.3) is 0 Å². The van der Waals surface area contributed by atoms with Gasteiger partial charge in [-0.1, -0.05) is 36.8 Å². The number of carbonyl (C=O) groups is 1. The number of nitrogens with zero attached hydrogens (tertiary/aromatic N) is 3. The smallest absolute Gasteiger partial charge is 0.223 e. The number of rotatable bonds is 5. The Morgan fingerprint density at radius 1 is 1.42 bits per heavy atom. The molecule has 0 unspecified atom stereocenters. The summed E-state index contributed by atoms with van der Waals surface area (Å²) in [7, 11) is 0. The summed E-state index contributed by atoms with van der Waals surface area (Å²) in [4.78, 5) is 18.5. The molecule has 2 atom stereocenters. The third-order valence-corrected chi connectivity index (χ3v) is 4.37. The number of likely N-dealkylation sites (tertiary alicyclic amines) is 1. The Morgan fingerprint density at radius 3 is 2.92 bits per heavy atom. The zero-order chi connectivity index (χ0) is 17.1. The van der Waals surface area contributed by atoms with Crippen molar-refractivity contribution in [2.75, 3.05) is 6.54 Å².